The van der Waals surface area contributed by atoms with Crippen molar-refractivity contribution in [1.29, 1.82) is 0 Å². The van der Waals surface area contributed by atoms with Crippen molar-refractivity contribution in [3.8, 4) is 0 Å². The normalized spacial score (nSPS) is 14.7. The molecule has 0 aliphatic carbocycles. The molecule has 1 aliphatic heterocycles. The SMILES string of the molecule is CC1(C)C(=O)Nc2ccccc2N1C(=O)COC(=O)c1cc(=O)[nH]c2ccccc12. The van der Waals surface area contributed by atoms with E-state index in [0.717, 1.165) is 6.07 Å². The Bertz CT molecular complexity index is 1240. The molecule has 4 rings (SSSR count). The van der Waals surface area contributed by atoms with Crippen LogP contribution in [0.25, 0.3) is 10.9 Å². The molecule has 2 N–H and O–H groups in total. The van der Waals surface area contributed by atoms with Crippen LogP contribution in [0.5, 0.6) is 0 Å². The molecule has 30 heavy (non-hydrogen) atoms. The largest absolute Gasteiger partial charge is 0.452 e. The van der Waals surface area contributed by atoms with Crippen molar-refractivity contribution in [1.82, 2.24) is 4.98 Å². The number of aromatic amines is 1. The molecule has 0 atom stereocenters. The van der Waals surface area contributed by atoms with Gasteiger partial charge in [-0.25, -0.2) is 4.79 Å². The molecular weight excluding hydrogens is 386 g/mol. The quantitative estimate of drug-likeness (QED) is 0.651. The zero-order valence-electron chi connectivity index (χ0n) is 16.4. The maximum absolute atomic E-state index is 13.0. The number of nitrogens with one attached hydrogen (secondary N) is 2. The van der Waals surface area contributed by atoms with Crippen LogP contribution in [0.2, 0.25) is 0 Å². The van der Waals surface area contributed by atoms with E-state index in [0.29, 0.717) is 22.3 Å². The molecule has 0 saturated carbocycles. The van der Waals surface area contributed by atoms with Crippen molar-refractivity contribution in [2.75, 3.05) is 16.8 Å². The van der Waals surface area contributed by atoms with Gasteiger partial charge in [0.2, 0.25) is 11.5 Å². The average Bonchev–Trinajstić information content (AvgIpc) is 2.72. The van der Waals surface area contributed by atoms with Crippen LogP contribution >= 0.6 is 0 Å². The van der Waals surface area contributed by atoms with Gasteiger partial charge in [0.15, 0.2) is 6.61 Å². The number of carbonyl (C=O) groups excluding carboxylic acids is 3. The van der Waals surface area contributed by atoms with Crippen molar-refractivity contribution in [3.05, 3.63) is 70.5 Å². The number of hydrogen-bond donors (Lipinski definition) is 2. The van der Waals surface area contributed by atoms with E-state index < -0.39 is 29.6 Å². The molecule has 1 aromatic heterocycles. The first-order valence-electron chi connectivity index (χ1n) is 9.32. The number of carbonyl (C=O) groups is 3. The third-order valence-electron chi connectivity index (χ3n) is 5.05. The second kappa shape index (κ2) is 7.14. The van der Waals surface area contributed by atoms with Gasteiger partial charge < -0.3 is 15.0 Å². The molecule has 3 aromatic rings. The molecule has 0 unspecified atom stereocenters. The fraction of sp³-hybridized carbons (Fsp3) is 0.182. The number of fused-ring (bicyclic) bond motifs is 2. The van der Waals surface area contributed by atoms with Gasteiger partial charge in [0, 0.05) is 17.0 Å². The van der Waals surface area contributed by atoms with Crippen LogP contribution in [0.1, 0.15) is 24.2 Å². The van der Waals surface area contributed by atoms with E-state index in [9.17, 15) is 19.2 Å². The number of pyridine rings is 1. The lowest BCUT2D eigenvalue weighted by atomic mass is 9.96. The standard InChI is InChI=1S/C22H19N3O5/c1-22(2)21(29)24-16-9-5-6-10-17(16)25(22)19(27)12-30-20(28)14-11-18(26)23-15-8-4-3-7-13(14)15/h3-11H,12H2,1-2H3,(H,23,26)(H,24,29). The number of amides is 2. The Morgan fingerprint density at radius 3 is 2.53 bits per heavy atom. The molecule has 0 bridgehead atoms. The average molecular weight is 405 g/mol. The number of anilines is 2. The van der Waals surface area contributed by atoms with Gasteiger partial charge in [-0.05, 0) is 32.0 Å². The minimum Gasteiger partial charge on any atom is -0.452 e. The summed E-state index contributed by atoms with van der Waals surface area (Å²) in [5.41, 5.74) is -0.0418. The van der Waals surface area contributed by atoms with Gasteiger partial charge >= 0.3 is 5.97 Å². The summed E-state index contributed by atoms with van der Waals surface area (Å²) in [7, 11) is 0. The number of ether oxygens (including phenoxy) is 1. The summed E-state index contributed by atoms with van der Waals surface area (Å²) in [6.45, 7) is 2.65. The molecule has 2 heterocycles. The zero-order valence-corrected chi connectivity index (χ0v) is 16.4. The highest BCUT2D eigenvalue weighted by molar-refractivity contribution is 6.14. The summed E-state index contributed by atoms with van der Waals surface area (Å²) < 4.78 is 5.24. The molecule has 8 nitrogen and oxygen atoms in total. The summed E-state index contributed by atoms with van der Waals surface area (Å²) in [4.78, 5) is 54.0. The molecule has 0 fully saturated rings. The number of nitrogens with zero attached hydrogens (tertiary/aromatic N) is 1. The second-order valence-electron chi connectivity index (χ2n) is 7.43. The lowest BCUT2D eigenvalue weighted by Gasteiger charge is -2.41. The van der Waals surface area contributed by atoms with E-state index in [1.54, 1.807) is 62.4 Å². The molecule has 0 spiro atoms. The Labute approximate surface area is 171 Å². The first-order valence-corrected chi connectivity index (χ1v) is 9.32. The lowest BCUT2D eigenvalue weighted by Crippen LogP contribution is -2.59. The van der Waals surface area contributed by atoms with Gasteiger partial charge in [0.25, 0.3) is 5.91 Å². The van der Waals surface area contributed by atoms with E-state index in [4.69, 9.17) is 4.74 Å². The minimum absolute atomic E-state index is 0.0678. The monoisotopic (exact) mass is 405 g/mol. The number of esters is 1. The number of rotatable bonds is 3. The first-order chi connectivity index (χ1) is 14.3. The fourth-order valence-corrected chi connectivity index (χ4v) is 3.54. The van der Waals surface area contributed by atoms with E-state index in [1.165, 1.54) is 4.90 Å². The van der Waals surface area contributed by atoms with Crippen molar-refractivity contribution in [2.45, 2.75) is 19.4 Å². The Kier molecular flexibility index (Phi) is 4.62. The number of H-pyrrole nitrogens is 1. The van der Waals surface area contributed by atoms with Gasteiger partial charge in [-0.15, -0.1) is 0 Å². The summed E-state index contributed by atoms with van der Waals surface area (Å²) >= 11 is 0. The molecule has 0 saturated heterocycles. The third kappa shape index (κ3) is 3.22. The van der Waals surface area contributed by atoms with Gasteiger partial charge in [-0.2, -0.15) is 0 Å². The summed E-state index contributed by atoms with van der Waals surface area (Å²) in [5, 5.41) is 3.28. The molecule has 152 valence electrons. The van der Waals surface area contributed by atoms with Crippen molar-refractivity contribution in [3.63, 3.8) is 0 Å². The maximum atomic E-state index is 13.0. The van der Waals surface area contributed by atoms with Crippen molar-refractivity contribution < 1.29 is 19.1 Å². The minimum atomic E-state index is -1.17. The zero-order chi connectivity index (χ0) is 21.5. The van der Waals surface area contributed by atoms with Crippen LogP contribution in [0.15, 0.2) is 59.4 Å². The summed E-state index contributed by atoms with van der Waals surface area (Å²) in [6, 6.07) is 14.9. The Morgan fingerprint density at radius 2 is 1.73 bits per heavy atom. The van der Waals surface area contributed by atoms with Crippen LogP contribution in [0, 0.1) is 0 Å². The number of hydrogen-bond acceptors (Lipinski definition) is 5. The van der Waals surface area contributed by atoms with Crippen LogP contribution in [-0.2, 0) is 14.3 Å². The van der Waals surface area contributed by atoms with Crippen LogP contribution < -0.4 is 15.8 Å². The van der Waals surface area contributed by atoms with E-state index >= 15 is 0 Å². The summed E-state index contributed by atoms with van der Waals surface area (Å²) in [6.07, 6.45) is 0. The Morgan fingerprint density at radius 1 is 1.03 bits per heavy atom. The first kappa shape index (κ1) is 19.4. The van der Waals surface area contributed by atoms with Gasteiger partial charge in [0.05, 0.1) is 16.9 Å². The highest BCUT2D eigenvalue weighted by Gasteiger charge is 2.43. The predicted molar refractivity (Wildman–Crippen MR) is 111 cm³/mol. The number of aromatic nitrogens is 1. The Balaban J connectivity index is 1.60. The lowest BCUT2D eigenvalue weighted by molar-refractivity contribution is -0.128. The maximum Gasteiger partial charge on any atom is 0.339 e. The highest BCUT2D eigenvalue weighted by atomic mass is 16.5. The number of benzene rings is 2. The van der Waals surface area contributed by atoms with E-state index in [-0.39, 0.29) is 11.5 Å². The van der Waals surface area contributed by atoms with Crippen molar-refractivity contribution >= 4 is 40.1 Å². The predicted octanol–water partition coefficient (Wildman–Crippen LogP) is 2.45. The smallest absolute Gasteiger partial charge is 0.339 e. The van der Waals surface area contributed by atoms with Gasteiger partial charge in [-0.3, -0.25) is 19.3 Å². The fourth-order valence-electron chi connectivity index (χ4n) is 3.54. The van der Waals surface area contributed by atoms with E-state index in [2.05, 4.69) is 10.3 Å². The summed E-state index contributed by atoms with van der Waals surface area (Å²) in [5.74, 6) is -1.69. The topological polar surface area (TPSA) is 109 Å². The molecule has 2 aromatic carbocycles. The highest BCUT2D eigenvalue weighted by Crippen LogP contribution is 2.36. The molecule has 1 aliphatic rings. The molecule has 8 heteroatoms. The molecule has 2 amide bonds. The molecular formula is C22H19N3O5. The second-order valence-corrected chi connectivity index (χ2v) is 7.43. The van der Waals surface area contributed by atoms with Crippen molar-refractivity contribution in [2.24, 2.45) is 0 Å². The van der Waals surface area contributed by atoms with Gasteiger partial charge in [-0.1, -0.05) is 30.3 Å². The van der Waals surface area contributed by atoms with Crippen LogP contribution in [0.4, 0.5) is 11.4 Å². The van der Waals surface area contributed by atoms with Gasteiger partial charge in [0.1, 0.15) is 5.54 Å². The number of para-hydroxylation sites is 3. The van der Waals surface area contributed by atoms with Crippen LogP contribution in [-0.4, -0.2) is 34.9 Å². The van der Waals surface area contributed by atoms with Crippen LogP contribution in [0.3, 0.4) is 0 Å². The molecule has 0 radical (unpaired) electrons. The third-order valence-corrected chi connectivity index (χ3v) is 5.05. The Hall–Kier alpha value is -3.94. The van der Waals surface area contributed by atoms with E-state index in [1.807, 2.05) is 0 Å².